The smallest absolute Gasteiger partial charge is 0.251 e. The maximum atomic E-state index is 12.0. The number of pyridine rings is 1. The number of aromatic amines is 1. The van der Waals surface area contributed by atoms with Gasteiger partial charge < -0.3 is 34.6 Å². The number of rotatable bonds is 8. The number of nitrogens with zero attached hydrogens (tertiary/aromatic N) is 3. The standard InChI is InChI=1S/C26H28N6O5/c1-27-24(33)15-4-6-19(20(12-15)34-2)30-26-31-23-22(25(32-26)37-17-8-10-36-11-9-17)18(14-29-23)16-5-7-21(35-3)28-13-16/h4-7,12-14,17H,8-11H2,1-3H3,(H,27,33)(H2,29,30,31,32). The molecule has 11 nitrogen and oxygen atoms in total. The first-order chi connectivity index (χ1) is 18.1. The number of anilines is 2. The zero-order chi connectivity index (χ0) is 25.8. The van der Waals surface area contributed by atoms with Crippen molar-refractivity contribution in [1.82, 2.24) is 25.3 Å². The van der Waals surface area contributed by atoms with Gasteiger partial charge in [0.25, 0.3) is 5.91 Å². The van der Waals surface area contributed by atoms with Gasteiger partial charge in [-0.05, 0) is 24.3 Å². The van der Waals surface area contributed by atoms with Gasteiger partial charge in [0.15, 0.2) is 0 Å². The van der Waals surface area contributed by atoms with Crippen LogP contribution in [0.25, 0.3) is 22.2 Å². The first kappa shape index (κ1) is 24.3. The molecule has 1 aliphatic heterocycles. The number of nitrogens with one attached hydrogen (secondary N) is 3. The number of carbonyl (C=O) groups excluding carboxylic acids is 1. The van der Waals surface area contributed by atoms with Gasteiger partial charge in [-0.15, -0.1) is 0 Å². The van der Waals surface area contributed by atoms with Crippen LogP contribution in [0, 0.1) is 0 Å². The van der Waals surface area contributed by atoms with Crippen molar-refractivity contribution in [2.45, 2.75) is 18.9 Å². The van der Waals surface area contributed by atoms with Crippen LogP contribution in [0.5, 0.6) is 17.5 Å². The third-order valence-corrected chi connectivity index (χ3v) is 6.14. The van der Waals surface area contributed by atoms with Crippen molar-refractivity contribution in [2.75, 3.05) is 39.8 Å². The maximum Gasteiger partial charge on any atom is 0.251 e. The highest BCUT2D eigenvalue weighted by Crippen LogP contribution is 2.37. The Kier molecular flexibility index (Phi) is 7.04. The molecule has 1 aromatic carbocycles. The molecule has 0 bridgehead atoms. The van der Waals surface area contributed by atoms with Crippen LogP contribution >= 0.6 is 0 Å². The van der Waals surface area contributed by atoms with E-state index in [9.17, 15) is 4.79 Å². The number of fused-ring (bicyclic) bond motifs is 1. The molecular weight excluding hydrogens is 476 g/mol. The second-order valence-corrected chi connectivity index (χ2v) is 8.42. The normalized spacial score (nSPS) is 13.8. The van der Waals surface area contributed by atoms with E-state index in [1.807, 2.05) is 12.3 Å². The van der Waals surface area contributed by atoms with Gasteiger partial charge in [-0.2, -0.15) is 9.97 Å². The molecule has 0 spiro atoms. The molecule has 0 unspecified atom stereocenters. The lowest BCUT2D eigenvalue weighted by molar-refractivity contribution is 0.0244. The van der Waals surface area contributed by atoms with Gasteiger partial charge in [0.05, 0.1) is 38.5 Å². The molecule has 37 heavy (non-hydrogen) atoms. The summed E-state index contributed by atoms with van der Waals surface area (Å²) < 4.78 is 22.6. The Morgan fingerprint density at radius 3 is 2.65 bits per heavy atom. The Bertz CT molecular complexity index is 1400. The van der Waals surface area contributed by atoms with E-state index in [1.54, 1.807) is 44.6 Å². The molecule has 0 radical (unpaired) electrons. The van der Waals surface area contributed by atoms with Crippen molar-refractivity contribution in [1.29, 1.82) is 0 Å². The van der Waals surface area contributed by atoms with Crippen LogP contribution in [0.1, 0.15) is 23.2 Å². The minimum Gasteiger partial charge on any atom is -0.495 e. The van der Waals surface area contributed by atoms with Crippen molar-refractivity contribution >= 4 is 28.6 Å². The van der Waals surface area contributed by atoms with Crippen molar-refractivity contribution in [3.8, 4) is 28.6 Å². The van der Waals surface area contributed by atoms with Crippen LogP contribution in [-0.4, -0.2) is 66.4 Å². The van der Waals surface area contributed by atoms with E-state index in [4.69, 9.17) is 28.9 Å². The molecule has 0 aliphatic carbocycles. The van der Waals surface area contributed by atoms with E-state index in [1.165, 1.54) is 7.11 Å². The summed E-state index contributed by atoms with van der Waals surface area (Å²) in [7, 11) is 4.70. The molecule has 11 heteroatoms. The van der Waals surface area contributed by atoms with Gasteiger partial charge in [-0.1, -0.05) is 0 Å². The number of aromatic nitrogens is 4. The van der Waals surface area contributed by atoms with E-state index in [0.717, 1.165) is 29.4 Å². The number of amides is 1. The monoisotopic (exact) mass is 504 g/mol. The topological polar surface area (TPSA) is 133 Å². The lowest BCUT2D eigenvalue weighted by Gasteiger charge is -2.23. The second-order valence-electron chi connectivity index (χ2n) is 8.42. The van der Waals surface area contributed by atoms with Crippen LogP contribution in [0.3, 0.4) is 0 Å². The summed E-state index contributed by atoms with van der Waals surface area (Å²) in [6.07, 6.45) is 5.12. The van der Waals surface area contributed by atoms with Gasteiger partial charge in [-0.25, -0.2) is 4.98 Å². The highest BCUT2D eigenvalue weighted by molar-refractivity contribution is 5.98. The molecule has 4 aromatic rings. The predicted octanol–water partition coefficient (Wildman–Crippen LogP) is 3.70. The Morgan fingerprint density at radius 2 is 1.95 bits per heavy atom. The molecule has 3 aromatic heterocycles. The maximum absolute atomic E-state index is 12.0. The van der Waals surface area contributed by atoms with Crippen molar-refractivity contribution in [3.63, 3.8) is 0 Å². The molecular formula is C26H28N6O5. The number of hydrogen-bond donors (Lipinski definition) is 3. The molecule has 0 atom stereocenters. The van der Waals surface area contributed by atoms with Crippen molar-refractivity contribution < 1.29 is 23.7 Å². The van der Waals surface area contributed by atoms with Crippen LogP contribution in [0.15, 0.2) is 42.7 Å². The first-order valence-electron chi connectivity index (χ1n) is 11.9. The SMILES string of the molecule is CNC(=O)c1ccc(Nc2nc(OC3CCOCC3)c3c(-c4ccc(OC)nc4)c[nH]c3n2)c(OC)c1. The number of carbonyl (C=O) groups is 1. The fourth-order valence-corrected chi connectivity index (χ4v) is 4.18. The highest BCUT2D eigenvalue weighted by atomic mass is 16.5. The molecule has 1 saturated heterocycles. The molecule has 0 saturated carbocycles. The summed E-state index contributed by atoms with van der Waals surface area (Å²) in [6.45, 7) is 1.28. The lowest BCUT2D eigenvalue weighted by Crippen LogP contribution is -2.26. The Labute approximate surface area is 213 Å². The quantitative estimate of drug-likeness (QED) is 0.328. The summed E-state index contributed by atoms with van der Waals surface area (Å²) in [4.78, 5) is 29.0. The van der Waals surface area contributed by atoms with Crippen LogP contribution in [0.4, 0.5) is 11.6 Å². The first-order valence-corrected chi connectivity index (χ1v) is 11.9. The molecule has 1 amide bonds. The summed E-state index contributed by atoms with van der Waals surface area (Å²) in [6, 6.07) is 8.84. The van der Waals surface area contributed by atoms with E-state index in [0.29, 0.717) is 53.6 Å². The Balaban J connectivity index is 1.55. The number of ether oxygens (including phenoxy) is 4. The second kappa shape index (κ2) is 10.7. The van der Waals surface area contributed by atoms with E-state index < -0.39 is 0 Å². The molecule has 4 heterocycles. The fourth-order valence-electron chi connectivity index (χ4n) is 4.18. The number of hydrogen-bond acceptors (Lipinski definition) is 9. The summed E-state index contributed by atoms with van der Waals surface area (Å²) >= 11 is 0. The minimum absolute atomic E-state index is 0.0298. The van der Waals surface area contributed by atoms with E-state index in [-0.39, 0.29) is 12.0 Å². The van der Waals surface area contributed by atoms with Crippen LogP contribution in [-0.2, 0) is 4.74 Å². The largest absolute Gasteiger partial charge is 0.495 e. The number of benzene rings is 1. The van der Waals surface area contributed by atoms with Gasteiger partial charge in [0.2, 0.25) is 17.7 Å². The molecule has 1 fully saturated rings. The van der Waals surface area contributed by atoms with Gasteiger partial charge in [0.1, 0.15) is 17.5 Å². The molecule has 1 aliphatic rings. The minimum atomic E-state index is -0.207. The van der Waals surface area contributed by atoms with Gasteiger partial charge >= 0.3 is 0 Å². The average Bonchev–Trinajstić information content (AvgIpc) is 3.37. The fraction of sp³-hybridized carbons (Fsp3) is 0.308. The third-order valence-electron chi connectivity index (χ3n) is 6.14. The summed E-state index contributed by atoms with van der Waals surface area (Å²) in [5.41, 5.74) is 3.43. The molecule has 3 N–H and O–H groups in total. The third kappa shape index (κ3) is 5.12. The summed E-state index contributed by atoms with van der Waals surface area (Å²) in [5.74, 6) is 1.57. The highest BCUT2D eigenvalue weighted by Gasteiger charge is 2.22. The van der Waals surface area contributed by atoms with Crippen LogP contribution in [0.2, 0.25) is 0 Å². The van der Waals surface area contributed by atoms with Crippen molar-refractivity contribution in [3.05, 3.63) is 48.3 Å². The van der Waals surface area contributed by atoms with Gasteiger partial charge in [-0.3, -0.25) is 4.79 Å². The van der Waals surface area contributed by atoms with Gasteiger partial charge in [0, 0.05) is 55.0 Å². The van der Waals surface area contributed by atoms with Crippen molar-refractivity contribution in [2.24, 2.45) is 0 Å². The van der Waals surface area contributed by atoms with E-state index >= 15 is 0 Å². The lowest BCUT2D eigenvalue weighted by atomic mass is 10.1. The zero-order valence-electron chi connectivity index (χ0n) is 20.8. The predicted molar refractivity (Wildman–Crippen MR) is 138 cm³/mol. The molecule has 192 valence electrons. The number of methoxy groups -OCH3 is 2. The Morgan fingerprint density at radius 1 is 1.11 bits per heavy atom. The average molecular weight is 505 g/mol. The van der Waals surface area contributed by atoms with E-state index in [2.05, 4.69) is 20.6 Å². The number of H-pyrrole nitrogens is 1. The summed E-state index contributed by atoms with van der Waals surface area (Å²) in [5, 5.41) is 6.57. The zero-order valence-corrected chi connectivity index (χ0v) is 20.8. The Hall–Kier alpha value is -4.38. The molecule has 5 rings (SSSR count). The van der Waals surface area contributed by atoms with Crippen LogP contribution < -0.4 is 24.8 Å².